The smallest absolute Gasteiger partial charge is 0.217 e. The van der Waals surface area contributed by atoms with E-state index in [0.717, 1.165) is 13.8 Å². The lowest BCUT2D eigenvalue weighted by Crippen LogP contribution is -2.71. The lowest BCUT2D eigenvalue weighted by Gasteiger charge is -2.51. The van der Waals surface area contributed by atoms with E-state index in [9.17, 15) is 65.8 Å². The predicted octanol–water partition coefficient (Wildman–Crippen LogP) is -8.43. The second kappa shape index (κ2) is 17.4. The van der Waals surface area contributed by atoms with Crippen LogP contribution in [0.3, 0.4) is 0 Å². The van der Waals surface area contributed by atoms with Gasteiger partial charge in [-0.2, -0.15) is 0 Å². The Hall–Kier alpha value is -1.78. The van der Waals surface area contributed by atoms with Gasteiger partial charge in [-0.25, -0.2) is 0 Å². The van der Waals surface area contributed by atoms with Gasteiger partial charge in [0.15, 0.2) is 25.2 Å². The number of aliphatic hydroxyl groups is 11. The summed E-state index contributed by atoms with van der Waals surface area (Å²) in [5.41, 5.74) is 0. The number of carbonyl (C=O) groups excluding carboxylic acids is 2. The van der Waals surface area contributed by atoms with Gasteiger partial charge in [-0.15, -0.1) is 0 Å². The number of hydrogen-bond donors (Lipinski definition) is 13. The predicted molar refractivity (Wildman–Crippen MR) is 156 cm³/mol. The van der Waals surface area contributed by atoms with Crippen LogP contribution in [0.4, 0.5) is 0 Å². The normalized spacial score (nSPS) is 48.5. The summed E-state index contributed by atoms with van der Waals surface area (Å²) < 4.78 is 40.3. The number of aliphatic hydroxyl groups excluding tert-OH is 11. The van der Waals surface area contributed by atoms with E-state index in [1.54, 1.807) is 0 Å². The van der Waals surface area contributed by atoms with Crippen LogP contribution in [0.2, 0.25) is 0 Å². The third-order valence-corrected chi connectivity index (χ3v) is 8.97. The molecule has 4 fully saturated rings. The van der Waals surface area contributed by atoms with Crippen molar-refractivity contribution >= 4 is 11.8 Å². The summed E-state index contributed by atoms with van der Waals surface area (Å²) in [4.78, 5) is 24.6. The number of ether oxygens (including phenoxy) is 7. The maximum absolute atomic E-state index is 12.6. The van der Waals surface area contributed by atoms with Gasteiger partial charge in [0.2, 0.25) is 11.8 Å². The molecule has 20 atom stereocenters. The molecule has 0 aliphatic carbocycles. The minimum atomic E-state index is -1.97. The first-order valence-corrected chi connectivity index (χ1v) is 15.9. The van der Waals surface area contributed by atoms with Crippen LogP contribution in [0.15, 0.2) is 0 Å². The summed E-state index contributed by atoms with van der Waals surface area (Å²) in [5.74, 6) is -1.45. The second-order valence-corrected chi connectivity index (χ2v) is 12.6. The Morgan fingerprint density at radius 1 is 0.520 bits per heavy atom. The van der Waals surface area contributed by atoms with Crippen LogP contribution in [-0.2, 0) is 42.7 Å². The van der Waals surface area contributed by atoms with Gasteiger partial charge in [0.1, 0.15) is 91.4 Å². The fourth-order valence-electron chi connectivity index (χ4n) is 6.29. The molecule has 4 heterocycles. The molecule has 22 heteroatoms. The molecule has 13 N–H and O–H groups in total. The highest BCUT2D eigenvalue weighted by Gasteiger charge is 2.56. The van der Waals surface area contributed by atoms with Crippen LogP contribution < -0.4 is 10.6 Å². The minimum Gasteiger partial charge on any atom is -0.394 e. The van der Waals surface area contributed by atoms with Crippen molar-refractivity contribution in [3.8, 4) is 0 Å². The maximum Gasteiger partial charge on any atom is 0.217 e. The van der Waals surface area contributed by atoms with Gasteiger partial charge in [-0.05, 0) is 6.92 Å². The zero-order valence-electron chi connectivity index (χ0n) is 27.3. The molecular weight excluding hydrogens is 684 g/mol. The Labute approximate surface area is 285 Å². The summed E-state index contributed by atoms with van der Waals surface area (Å²) in [7, 11) is 0. The van der Waals surface area contributed by atoms with E-state index in [4.69, 9.17) is 33.2 Å². The molecule has 0 spiro atoms. The summed E-state index contributed by atoms with van der Waals surface area (Å²) in [5, 5.41) is 119. The zero-order chi connectivity index (χ0) is 37.2. The lowest BCUT2D eigenvalue weighted by atomic mass is 9.93. The first-order chi connectivity index (χ1) is 23.5. The fourth-order valence-corrected chi connectivity index (χ4v) is 6.29. The van der Waals surface area contributed by atoms with Crippen molar-refractivity contribution in [3.05, 3.63) is 0 Å². The van der Waals surface area contributed by atoms with Crippen LogP contribution in [0.25, 0.3) is 0 Å². The van der Waals surface area contributed by atoms with E-state index < -0.39 is 154 Å². The summed E-state index contributed by atoms with van der Waals surface area (Å²) in [6.45, 7) is 0.947. The second-order valence-electron chi connectivity index (χ2n) is 12.6. The molecule has 4 aliphatic heterocycles. The number of carbonyl (C=O) groups is 2. The molecular formula is C28H48N2O20. The fraction of sp³-hybridized carbons (Fsp3) is 0.929. The van der Waals surface area contributed by atoms with E-state index in [2.05, 4.69) is 10.6 Å². The van der Waals surface area contributed by atoms with Crippen molar-refractivity contribution in [2.24, 2.45) is 0 Å². The molecule has 2 amide bonds. The molecule has 4 aliphatic rings. The standard InChI is InChI=1S/C28H48N2O20/c1-7-15(36)18(39)20(41)27(44-7)50-24-14(30-9(3)35)26(49-23-13(29-8(2)34)25(43)45-11(5-32)17(23)38)47-12(6-33)22(24)48-28-21(42)19(40)16(37)10(4-31)46-28/h7,10-28,31-33,36-43H,4-6H2,1-3H3,(H,29,34)(H,30,35)/t7-,10+,11+,12+,13+,14+,15+,16-,17-,18+,19-,20-,21+,22+,23+,24+,25+,26-,27-,28-/m0/s1. The summed E-state index contributed by atoms with van der Waals surface area (Å²) in [6.07, 6.45) is -30.6. The maximum atomic E-state index is 12.6. The van der Waals surface area contributed by atoms with Crippen molar-refractivity contribution in [1.29, 1.82) is 0 Å². The third kappa shape index (κ3) is 8.70. The molecule has 0 unspecified atom stereocenters. The molecule has 50 heavy (non-hydrogen) atoms. The SMILES string of the molecule is CC(=O)N[C@@H]1[C@@H](O[C@@H]2O[C@H](CO)[C@@H](O[C@@H]3O[C@H](CO)[C@H](O)[C@H](O)[C@H]3O)[C@H](O[C@@H]3O[C@@H](C)[C@@H](O)[C@@H](O)[C@@H]3O)[C@H]2NC(C)=O)[C@@H](O)[C@@H](CO)O[C@H]1O. The molecule has 4 saturated heterocycles. The van der Waals surface area contributed by atoms with Crippen LogP contribution in [0.1, 0.15) is 20.8 Å². The minimum absolute atomic E-state index is 0.690. The number of rotatable bonds is 11. The van der Waals surface area contributed by atoms with E-state index in [1.165, 1.54) is 6.92 Å². The van der Waals surface area contributed by atoms with Crippen molar-refractivity contribution < 1.29 is 98.9 Å². The van der Waals surface area contributed by atoms with Crippen LogP contribution in [0, 0.1) is 0 Å². The number of nitrogens with one attached hydrogen (secondary N) is 2. The third-order valence-electron chi connectivity index (χ3n) is 8.97. The molecule has 0 aromatic rings. The Balaban J connectivity index is 1.76. The summed E-state index contributed by atoms with van der Waals surface area (Å²) in [6, 6.07) is -3.11. The molecule has 22 nitrogen and oxygen atoms in total. The van der Waals surface area contributed by atoms with E-state index in [1.807, 2.05) is 0 Å². The Bertz CT molecular complexity index is 1120. The van der Waals surface area contributed by atoms with Crippen molar-refractivity contribution in [2.75, 3.05) is 19.8 Å². The van der Waals surface area contributed by atoms with Crippen LogP contribution in [-0.4, -0.2) is 211 Å². The van der Waals surface area contributed by atoms with Crippen molar-refractivity contribution in [1.82, 2.24) is 10.6 Å². The number of hydrogen-bond acceptors (Lipinski definition) is 20. The topological polar surface area (TPSA) is 345 Å². The molecule has 290 valence electrons. The Kier molecular flexibility index (Phi) is 14.2. The largest absolute Gasteiger partial charge is 0.394 e. The first kappa shape index (κ1) is 41.0. The van der Waals surface area contributed by atoms with E-state index in [0.29, 0.717) is 0 Å². The molecule has 0 radical (unpaired) electrons. The van der Waals surface area contributed by atoms with Gasteiger partial charge < -0.3 is 100.0 Å². The van der Waals surface area contributed by atoms with Gasteiger partial charge in [0, 0.05) is 13.8 Å². The van der Waals surface area contributed by atoms with Gasteiger partial charge in [-0.3, -0.25) is 9.59 Å². The van der Waals surface area contributed by atoms with Crippen LogP contribution in [0.5, 0.6) is 0 Å². The molecule has 0 aromatic carbocycles. The highest BCUT2D eigenvalue weighted by Crippen LogP contribution is 2.35. The summed E-state index contributed by atoms with van der Waals surface area (Å²) >= 11 is 0. The van der Waals surface area contributed by atoms with Gasteiger partial charge in [0.05, 0.1) is 25.9 Å². The van der Waals surface area contributed by atoms with Gasteiger partial charge in [0.25, 0.3) is 0 Å². The Morgan fingerprint density at radius 3 is 1.54 bits per heavy atom. The van der Waals surface area contributed by atoms with Gasteiger partial charge >= 0.3 is 0 Å². The van der Waals surface area contributed by atoms with Gasteiger partial charge in [-0.1, -0.05) is 0 Å². The highest BCUT2D eigenvalue weighted by atomic mass is 16.8. The number of amides is 2. The average Bonchev–Trinajstić information content (AvgIpc) is 3.07. The Morgan fingerprint density at radius 2 is 0.980 bits per heavy atom. The van der Waals surface area contributed by atoms with Crippen molar-refractivity contribution in [3.63, 3.8) is 0 Å². The van der Waals surface area contributed by atoms with Crippen LogP contribution >= 0.6 is 0 Å². The van der Waals surface area contributed by atoms with Crippen molar-refractivity contribution in [2.45, 2.75) is 143 Å². The quantitative estimate of drug-likeness (QED) is 0.0938. The molecule has 0 aromatic heterocycles. The first-order valence-electron chi connectivity index (χ1n) is 15.9. The zero-order valence-corrected chi connectivity index (χ0v) is 27.3. The molecule has 4 rings (SSSR count). The monoisotopic (exact) mass is 732 g/mol. The van der Waals surface area contributed by atoms with E-state index in [-0.39, 0.29) is 0 Å². The molecule has 0 saturated carbocycles. The van der Waals surface area contributed by atoms with E-state index >= 15 is 0 Å². The lowest BCUT2D eigenvalue weighted by molar-refractivity contribution is -0.381. The average molecular weight is 733 g/mol. The highest BCUT2D eigenvalue weighted by molar-refractivity contribution is 5.73. The molecule has 0 bridgehead atoms.